The molecule has 0 aromatic carbocycles. The molecular weight excluding hydrogens is 635 g/mol. The number of halogens is 9. The Kier molecular flexibility index (Phi) is 14.4. The summed E-state index contributed by atoms with van der Waals surface area (Å²) in [5.41, 5.74) is 0. The molecule has 272 valence electrons. The van der Waals surface area contributed by atoms with Crippen molar-refractivity contribution in [3.05, 3.63) is 0 Å². The van der Waals surface area contributed by atoms with E-state index in [4.69, 9.17) is 18.9 Å². The summed E-state index contributed by atoms with van der Waals surface area (Å²) in [5.74, 6) is -17.8. The molecule has 0 radical (unpaired) electrons. The Bertz CT molecular complexity index is 906. The maximum Gasteiger partial charge on any atom is 0.460 e. The van der Waals surface area contributed by atoms with Gasteiger partial charge >= 0.3 is 23.9 Å². The highest BCUT2D eigenvalue weighted by Gasteiger charge is 2.81. The van der Waals surface area contributed by atoms with Crippen molar-refractivity contribution in [2.45, 2.75) is 165 Å². The fourth-order valence-electron chi connectivity index (χ4n) is 7.03. The molecule has 0 bridgehead atoms. The molecule has 0 heterocycles. The number of hydrogen-bond donors (Lipinski definition) is 1. The standard InChI is InChI=1S/C32H51F9O5/c1-4-20-7-10-23(42)26(17-20)46-28-19-22(6-3)9-12-25(28)45-27-18-21(5-2)8-11-24(27)44-16-15-43-14-13-29(33,34)30(35,36)31(37,38)32(39,40)41/h20-28,42H,4-19H2,1-3H3. The van der Waals surface area contributed by atoms with Crippen LogP contribution in [-0.4, -0.2) is 85.5 Å². The second kappa shape index (κ2) is 16.7. The summed E-state index contributed by atoms with van der Waals surface area (Å²) in [7, 11) is 0. The van der Waals surface area contributed by atoms with Gasteiger partial charge in [-0.2, -0.15) is 39.5 Å². The van der Waals surface area contributed by atoms with Crippen LogP contribution in [0.25, 0.3) is 0 Å². The molecule has 0 aromatic rings. The van der Waals surface area contributed by atoms with Gasteiger partial charge in [-0.15, -0.1) is 0 Å². The fraction of sp³-hybridized carbons (Fsp3) is 1.00. The van der Waals surface area contributed by atoms with Crippen molar-refractivity contribution in [1.29, 1.82) is 0 Å². The van der Waals surface area contributed by atoms with E-state index >= 15 is 0 Å². The molecule has 3 saturated carbocycles. The Hall–Kier alpha value is -0.830. The van der Waals surface area contributed by atoms with Crippen LogP contribution in [-0.2, 0) is 18.9 Å². The highest BCUT2D eigenvalue weighted by molar-refractivity contribution is 5.00. The second-order valence-corrected chi connectivity index (χ2v) is 13.4. The van der Waals surface area contributed by atoms with Crippen molar-refractivity contribution < 1.29 is 63.6 Å². The van der Waals surface area contributed by atoms with E-state index in [0.29, 0.717) is 30.6 Å². The third kappa shape index (κ3) is 9.65. The second-order valence-electron chi connectivity index (χ2n) is 13.4. The third-order valence-electron chi connectivity index (χ3n) is 10.3. The Balaban J connectivity index is 1.55. The highest BCUT2D eigenvalue weighted by Crippen LogP contribution is 2.54. The average molecular weight is 687 g/mol. The molecule has 3 aliphatic rings. The average Bonchev–Trinajstić information content (AvgIpc) is 3.00. The van der Waals surface area contributed by atoms with Crippen molar-refractivity contribution >= 4 is 0 Å². The molecule has 0 spiro atoms. The first-order chi connectivity index (χ1) is 21.5. The first-order valence-electron chi connectivity index (χ1n) is 16.9. The van der Waals surface area contributed by atoms with Gasteiger partial charge in [-0.3, -0.25) is 0 Å². The molecule has 0 aliphatic heterocycles. The topological polar surface area (TPSA) is 57.2 Å². The highest BCUT2D eigenvalue weighted by atomic mass is 19.4. The van der Waals surface area contributed by atoms with Crippen molar-refractivity contribution in [2.75, 3.05) is 19.8 Å². The quantitative estimate of drug-likeness (QED) is 0.130. The Morgan fingerprint density at radius 3 is 1.57 bits per heavy atom. The fourth-order valence-corrected chi connectivity index (χ4v) is 7.03. The molecule has 0 aromatic heterocycles. The smallest absolute Gasteiger partial charge is 0.390 e. The molecule has 3 aliphatic carbocycles. The zero-order chi connectivity index (χ0) is 34.3. The molecule has 3 fully saturated rings. The van der Waals surface area contributed by atoms with E-state index in [1.807, 2.05) is 0 Å². The number of hydrogen-bond acceptors (Lipinski definition) is 5. The van der Waals surface area contributed by atoms with Crippen molar-refractivity contribution in [3.63, 3.8) is 0 Å². The van der Waals surface area contributed by atoms with E-state index in [1.165, 1.54) is 0 Å². The lowest BCUT2D eigenvalue weighted by atomic mass is 9.81. The van der Waals surface area contributed by atoms with Gasteiger partial charge in [0.2, 0.25) is 0 Å². The monoisotopic (exact) mass is 686 g/mol. The van der Waals surface area contributed by atoms with Gasteiger partial charge in [-0.25, -0.2) is 0 Å². The Morgan fingerprint density at radius 1 is 0.543 bits per heavy atom. The van der Waals surface area contributed by atoms with Gasteiger partial charge in [0.15, 0.2) is 0 Å². The minimum absolute atomic E-state index is 0.142. The van der Waals surface area contributed by atoms with Gasteiger partial charge in [0.25, 0.3) is 0 Å². The number of aliphatic hydroxyl groups is 1. The third-order valence-corrected chi connectivity index (χ3v) is 10.3. The van der Waals surface area contributed by atoms with Crippen molar-refractivity contribution in [3.8, 4) is 0 Å². The SMILES string of the molecule is CCC1CCC(O)C(OC2CC(CC)CCC2OC2CC(CC)CCC2OCCOCCC(F)(F)C(F)(F)C(F)(F)C(F)(F)F)C1. The number of rotatable bonds is 16. The first kappa shape index (κ1) is 39.6. The van der Waals surface area contributed by atoms with E-state index in [0.717, 1.165) is 64.2 Å². The summed E-state index contributed by atoms with van der Waals surface area (Å²) in [6.45, 7) is 4.71. The maximum absolute atomic E-state index is 13.8. The van der Waals surface area contributed by atoms with Gasteiger partial charge in [-0.05, 0) is 75.5 Å². The number of aliphatic hydroxyl groups excluding tert-OH is 1. The van der Waals surface area contributed by atoms with Crippen LogP contribution < -0.4 is 0 Å². The predicted molar refractivity (Wildman–Crippen MR) is 152 cm³/mol. The van der Waals surface area contributed by atoms with E-state index in [2.05, 4.69) is 20.8 Å². The van der Waals surface area contributed by atoms with Crippen molar-refractivity contribution in [1.82, 2.24) is 0 Å². The molecule has 3 rings (SSSR count). The lowest BCUT2D eigenvalue weighted by molar-refractivity contribution is -0.397. The zero-order valence-electron chi connectivity index (χ0n) is 27.0. The summed E-state index contributed by atoms with van der Waals surface area (Å²) in [6, 6.07) is 0. The molecule has 46 heavy (non-hydrogen) atoms. The van der Waals surface area contributed by atoms with Crippen LogP contribution in [0, 0.1) is 17.8 Å². The number of ether oxygens (including phenoxy) is 4. The molecule has 0 amide bonds. The largest absolute Gasteiger partial charge is 0.460 e. The van der Waals surface area contributed by atoms with Crippen LogP contribution in [0.1, 0.15) is 104 Å². The Labute approximate surface area is 266 Å². The summed E-state index contributed by atoms with van der Waals surface area (Å²) >= 11 is 0. The molecule has 5 nitrogen and oxygen atoms in total. The summed E-state index contributed by atoms with van der Waals surface area (Å²) in [4.78, 5) is 0. The van der Waals surface area contributed by atoms with Crippen LogP contribution in [0.4, 0.5) is 39.5 Å². The summed E-state index contributed by atoms with van der Waals surface area (Å²) < 4.78 is 142. The van der Waals surface area contributed by atoms with Crippen LogP contribution in [0.3, 0.4) is 0 Å². The van der Waals surface area contributed by atoms with E-state index < -0.39 is 43.1 Å². The predicted octanol–water partition coefficient (Wildman–Crippen LogP) is 8.75. The van der Waals surface area contributed by atoms with Crippen LogP contribution >= 0.6 is 0 Å². The van der Waals surface area contributed by atoms with E-state index in [-0.39, 0.29) is 43.7 Å². The van der Waals surface area contributed by atoms with E-state index in [9.17, 15) is 44.6 Å². The van der Waals surface area contributed by atoms with Gasteiger partial charge in [0, 0.05) is 6.42 Å². The molecule has 14 heteroatoms. The van der Waals surface area contributed by atoms with Crippen LogP contribution in [0.2, 0.25) is 0 Å². The molecule has 0 saturated heterocycles. The van der Waals surface area contributed by atoms with Crippen molar-refractivity contribution in [2.24, 2.45) is 17.8 Å². The van der Waals surface area contributed by atoms with Gasteiger partial charge in [-0.1, -0.05) is 40.0 Å². The minimum atomic E-state index is -6.91. The molecule has 9 atom stereocenters. The molecule has 9 unspecified atom stereocenters. The van der Waals surface area contributed by atoms with Gasteiger partial charge < -0.3 is 24.1 Å². The van der Waals surface area contributed by atoms with E-state index in [1.54, 1.807) is 0 Å². The minimum Gasteiger partial charge on any atom is -0.390 e. The molecular formula is C32H51F9O5. The van der Waals surface area contributed by atoms with Crippen LogP contribution in [0.5, 0.6) is 0 Å². The molecule has 1 N–H and O–H groups in total. The lowest BCUT2D eigenvalue weighted by Crippen LogP contribution is -2.61. The Morgan fingerprint density at radius 2 is 1.02 bits per heavy atom. The first-order valence-corrected chi connectivity index (χ1v) is 16.9. The summed E-state index contributed by atoms with van der Waals surface area (Å²) in [6.07, 6.45) is -0.433. The maximum atomic E-state index is 13.8. The zero-order valence-corrected chi connectivity index (χ0v) is 27.0. The summed E-state index contributed by atoms with van der Waals surface area (Å²) in [5, 5.41) is 10.7. The normalized spacial score (nSPS) is 33.7. The van der Waals surface area contributed by atoms with Crippen LogP contribution in [0.15, 0.2) is 0 Å². The van der Waals surface area contributed by atoms with Gasteiger partial charge in [0.1, 0.15) is 0 Å². The van der Waals surface area contributed by atoms with Gasteiger partial charge in [0.05, 0.1) is 56.4 Å². The lowest BCUT2D eigenvalue weighted by Gasteiger charge is -2.44. The number of alkyl halides is 9.